The third-order valence-corrected chi connectivity index (χ3v) is 2.40. The first kappa shape index (κ1) is 12.1. The second-order valence-electron chi connectivity index (χ2n) is 5.69. The number of hydrogen-bond donors (Lipinski definition) is 1. The van der Waals surface area contributed by atoms with E-state index in [-0.39, 0.29) is 0 Å². The van der Waals surface area contributed by atoms with Crippen LogP contribution in [0.4, 0.5) is 5.69 Å². The summed E-state index contributed by atoms with van der Waals surface area (Å²) >= 11 is 0. The maximum atomic E-state index is 3.45. The van der Waals surface area contributed by atoms with Crippen molar-refractivity contribution >= 4 is 5.69 Å². The fourth-order valence-corrected chi connectivity index (χ4v) is 1.35. The largest absolute Gasteiger partial charge is 0.385 e. The summed E-state index contributed by atoms with van der Waals surface area (Å²) in [6, 6.07) is 8.74. The minimum absolute atomic E-state index is 0.330. The molecule has 0 aromatic heterocycles. The molecule has 0 bridgehead atoms. The topological polar surface area (TPSA) is 12.0 Å². The highest BCUT2D eigenvalue weighted by Crippen LogP contribution is 2.19. The third kappa shape index (κ3) is 4.37. The molecule has 0 atom stereocenters. The van der Waals surface area contributed by atoms with E-state index in [0.29, 0.717) is 11.3 Å². The van der Waals surface area contributed by atoms with Crippen LogP contribution in [0.15, 0.2) is 24.3 Å². The van der Waals surface area contributed by atoms with Gasteiger partial charge in [0.1, 0.15) is 0 Å². The van der Waals surface area contributed by atoms with Crippen LogP contribution in [0.25, 0.3) is 0 Å². The van der Waals surface area contributed by atoms with Gasteiger partial charge in [-0.1, -0.05) is 46.8 Å². The highest BCUT2D eigenvalue weighted by Gasteiger charge is 2.09. The zero-order chi connectivity index (χ0) is 11.5. The van der Waals surface area contributed by atoms with Gasteiger partial charge in [0.25, 0.3) is 0 Å². The second-order valence-corrected chi connectivity index (χ2v) is 5.69. The van der Waals surface area contributed by atoms with Gasteiger partial charge in [-0.2, -0.15) is 0 Å². The molecule has 0 unspecified atom stereocenters. The van der Waals surface area contributed by atoms with Gasteiger partial charge in [0, 0.05) is 12.2 Å². The molecular weight excluding hydrogens is 182 g/mol. The molecule has 1 N–H and O–H groups in total. The van der Waals surface area contributed by atoms with E-state index in [1.807, 2.05) is 0 Å². The molecule has 0 amide bonds. The normalized spacial score (nSPS) is 11.9. The highest BCUT2D eigenvalue weighted by molar-refractivity contribution is 5.45. The lowest BCUT2D eigenvalue weighted by molar-refractivity contribution is 0.443. The van der Waals surface area contributed by atoms with E-state index >= 15 is 0 Å². The maximum absolute atomic E-state index is 3.45. The van der Waals surface area contributed by atoms with Crippen molar-refractivity contribution in [2.24, 2.45) is 5.41 Å². The van der Waals surface area contributed by atoms with Gasteiger partial charge in [0.2, 0.25) is 0 Å². The molecule has 0 saturated heterocycles. The minimum Gasteiger partial charge on any atom is -0.385 e. The zero-order valence-electron chi connectivity index (χ0n) is 10.6. The Morgan fingerprint density at radius 2 is 1.60 bits per heavy atom. The van der Waals surface area contributed by atoms with E-state index in [9.17, 15) is 0 Å². The van der Waals surface area contributed by atoms with Crippen molar-refractivity contribution in [3.63, 3.8) is 0 Å². The average Bonchev–Trinajstić information content (AvgIpc) is 2.14. The molecule has 0 heterocycles. The number of anilines is 1. The monoisotopic (exact) mass is 205 g/mol. The quantitative estimate of drug-likeness (QED) is 0.777. The molecule has 1 aromatic rings. The van der Waals surface area contributed by atoms with Crippen LogP contribution in [0.5, 0.6) is 0 Å². The van der Waals surface area contributed by atoms with Crippen molar-refractivity contribution in [1.29, 1.82) is 0 Å². The first-order valence-electron chi connectivity index (χ1n) is 5.72. The van der Waals surface area contributed by atoms with Crippen LogP contribution in [0, 0.1) is 5.41 Å². The maximum Gasteiger partial charge on any atom is 0.0340 e. The third-order valence-electron chi connectivity index (χ3n) is 2.40. The molecule has 1 aromatic carbocycles. The summed E-state index contributed by atoms with van der Waals surface area (Å²) in [5.74, 6) is 0.613. The molecule has 1 rings (SSSR count). The fraction of sp³-hybridized carbons (Fsp3) is 0.571. The number of rotatable bonds is 3. The molecule has 1 heteroatoms. The zero-order valence-corrected chi connectivity index (χ0v) is 10.6. The standard InChI is InChI=1S/C14H23N/c1-11(2)12-6-8-13(9-7-12)15-10-14(3,4)5/h6-9,11,15H,10H2,1-5H3. The van der Waals surface area contributed by atoms with E-state index in [0.717, 1.165) is 6.54 Å². The van der Waals surface area contributed by atoms with Crippen molar-refractivity contribution in [3.8, 4) is 0 Å². The summed E-state index contributed by atoms with van der Waals surface area (Å²) in [6.07, 6.45) is 0. The Hall–Kier alpha value is -0.980. The van der Waals surface area contributed by atoms with Crippen LogP contribution < -0.4 is 5.32 Å². The van der Waals surface area contributed by atoms with E-state index in [1.165, 1.54) is 11.3 Å². The fourth-order valence-electron chi connectivity index (χ4n) is 1.35. The lowest BCUT2D eigenvalue weighted by Crippen LogP contribution is -2.18. The van der Waals surface area contributed by atoms with Crippen LogP contribution in [0.3, 0.4) is 0 Å². The SMILES string of the molecule is CC(C)c1ccc(NCC(C)(C)C)cc1. The van der Waals surface area contributed by atoms with Crippen molar-refractivity contribution in [2.45, 2.75) is 40.5 Å². The van der Waals surface area contributed by atoms with Crippen molar-refractivity contribution in [2.75, 3.05) is 11.9 Å². The molecule has 0 radical (unpaired) electrons. The van der Waals surface area contributed by atoms with Crippen molar-refractivity contribution < 1.29 is 0 Å². The van der Waals surface area contributed by atoms with Gasteiger partial charge < -0.3 is 5.32 Å². The van der Waals surface area contributed by atoms with Crippen LogP contribution in [0.1, 0.15) is 46.1 Å². The molecular formula is C14H23N. The van der Waals surface area contributed by atoms with Gasteiger partial charge in [-0.15, -0.1) is 0 Å². The summed E-state index contributed by atoms with van der Waals surface area (Å²) in [4.78, 5) is 0. The van der Waals surface area contributed by atoms with Gasteiger partial charge in [-0.05, 0) is 29.0 Å². The molecule has 0 spiro atoms. The minimum atomic E-state index is 0.330. The Labute approximate surface area is 93.9 Å². The smallest absolute Gasteiger partial charge is 0.0340 e. The van der Waals surface area contributed by atoms with E-state index < -0.39 is 0 Å². The summed E-state index contributed by atoms with van der Waals surface area (Å²) in [7, 11) is 0. The summed E-state index contributed by atoms with van der Waals surface area (Å²) in [5.41, 5.74) is 2.95. The number of benzene rings is 1. The van der Waals surface area contributed by atoms with E-state index in [1.54, 1.807) is 0 Å². The highest BCUT2D eigenvalue weighted by atomic mass is 14.9. The average molecular weight is 205 g/mol. The van der Waals surface area contributed by atoms with Crippen LogP contribution in [-0.2, 0) is 0 Å². The Kier molecular flexibility index (Phi) is 3.78. The van der Waals surface area contributed by atoms with E-state index in [2.05, 4.69) is 64.2 Å². The Morgan fingerprint density at radius 3 is 2.00 bits per heavy atom. The first-order valence-corrected chi connectivity index (χ1v) is 5.72. The molecule has 0 aliphatic rings. The Bertz CT molecular complexity index is 290. The molecule has 84 valence electrons. The first-order chi connectivity index (χ1) is 6.88. The van der Waals surface area contributed by atoms with Gasteiger partial charge >= 0.3 is 0 Å². The lowest BCUT2D eigenvalue weighted by Gasteiger charge is -2.19. The predicted molar refractivity (Wildman–Crippen MR) is 68.5 cm³/mol. The van der Waals surface area contributed by atoms with Crippen LogP contribution in [-0.4, -0.2) is 6.54 Å². The van der Waals surface area contributed by atoms with Crippen molar-refractivity contribution in [3.05, 3.63) is 29.8 Å². The number of hydrogen-bond acceptors (Lipinski definition) is 1. The van der Waals surface area contributed by atoms with Crippen molar-refractivity contribution in [1.82, 2.24) is 0 Å². The Morgan fingerprint density at radius 1 is 1.07 bits per heavy atom. The summed E-state index contributed by atoms with van der Waals surface area (Å²) < 4.78 is 0. The Balaban J connectivity index is 2.57. The van der Waals surface area contributed by atoms with Crippen LogP contribution >= 0.6 is 0 Å². The molecule has 0 aliphatic heterocycles. The van der Waals surface area contributed by atoms with Gasteiger partial charge in [0.05, 0.1) is 0 Å². The van der Waals surface area contributed by atoms with Gasteiger partial charge in [0.15, 0.2) is 0 Å². The lowest BCUT2D eigenvalue weighted by atomic mass is 9.97. The summed E-state index contributed by atoms with van der Waals surface area (Å²) in [5, 5.41) is 3.45. The number of nitrogens with one attached hydrogen (secondary N) is 1. The molecule has 0 aliphatic carbocycles. The summed E-state index contributed by atoms with van der Waals surface area (Å²) in [6.45, 7) is 12.2. The predicted octanol–water partition coefficient (Wildman–Crippen LogP) is 4.27. The van der Waals surface area contributed by atoms with Crippen LogP contribution in [0.2, 0.25) is 0 Å². The molecule has 0 saturated carbocycles. The molecule has 1 nitrogen and oxygen atoms in total. The van der Waals surface area contributed by atoms with Gasteiger partial charge in [-0.25, -0.2) is 0 Å². The van der Waals surface area contributed by atoms with Gasteiger partial charge in [-0.3, -0.25) is 0 Å². The molecule has 15 heavy (non-hydrogen) atoms. The molecule has 0 fully saturated rings. The second kappa shape index (κ2) is 4.69. The van der Waals surface area contributed by atoms with E-state index in [4.69, 9.17) is 0 Å².